The van der Waals surface area contributed by atoms with Crippen molar-refractivity contribution in [2.75, 3.05) is 19.0 Å². The third-order valence-electron chi connectivity index (χ3n) is 4.21. The minimum absolute atomic E-state index is 0.0205. The van der Waals surface area contributed by atoms with E-state index in [2.05, 4.69) is 52.8 Å². The van der Waals surface area contributed by atoms with E-state index in [1.807, 2.05) is 37.3 Å². The van der Waals surface area contributed by atoms with Gasteiger partial charge in [0.05, 0.1) is 11.7 Å². The lowest BCUT2D eigenvalue weighted by atomic mass is 10.0. The minimum atomic E-state index is -0.0205. The molecule has 1 unspecified atom stereocenters. The van der Waals surface area contributed by atoms with Gasteiger partial charge in [0.2, 0.25) is 0 Å². The number of nitrogens with zero attached hydrogens (tertiary/aromatic N) is 3. The molecule has 4 rings (SSSR count). The molecule has 2 aromatic rings. The molecule has 0 amide bonds. The molecule has 0 radical (unpaired) electrons. The summed E-state index contributed by atoms with van der Waals surface area (Å²) in [5.41, 5.74) is 7.80. The maximum atomic E-state index is 5.33. The predicted octanol–water partition coefficient (Wildman–Crippen LogP) is 4.04. The van der Waals surface area contributed by atoms with E-state index in [0.29, 0.717) is 0 Å². The molecular weight excluding hydrogens is 348 g/mol. The fraction of sp³-hybridized carbons (Fsp3) is 0.158. The van der Waals surface area contributed by atoms with Gasteiger partial charge in [-0.25, -0.2) is 10.0 Å². The largest absolute Gasteiger partial charge is 0.378 e. The first kappa shape index (κ1) is 16.2. The predicted molar refractivity (Wildman–Crippen MR) is 111 cm³/mol. The highest BCUT2D eigenvalue weighted by Crippen LogP contribution is 2.36. The number of nitrogens with one attached hydrogen (secondary N) is 1. The van der Waals surface area contributed by atoms with E-state index in [9.17, 15) is 0 Å². The lowest BCUT2D eigenvalue weighted by molar-refractivity contribution is 0.539. The van der Waals surface area contributed by atoms with Crippen LogP contribution in [0.1, 0.15) is 17.2 Å². The Balaban J connectivity index is 1.74. The van der Waals surface area contributed by atoms with Crippen molar-refractivity contribution in [2.24, 2.45) is 4.99 Å². The number of aliphatic imine (C=N–C) groups is 1. The van der Waals surface area contributed by atoms with Gasteiger partial charge in [-0.15, -0.1) is 0 Å². The summed E-state index contributed by atoms with van der Waals surface area (Å²) >= 11 is 6.84. The molecule has 2 heterocycles. The normalized spacial score (nSPS) is 19.0. The highest BCUT2D eigenvalue weighted by molar-refractivity contribution is 8.33. The molecule has 1 saturated heterocycles. The number of anilines is 1. The summed E-state index contributed by atoms with van der Waals surface area (Å²) < 4.78 is 0.726. The molecule has 0 spiro atoms. The van der Waals surface area contributed by atoms with Crippen molar-refractivity contribution >= 4 is 44.9 Å². The van der Waals surface area contributed by atoms with E-state index in [-0.39, 0.29) is 6.04 Å². The summed E-state index contributed by atoms with van der Waals surface area (Å²) in [6, 6.07) is 18.8. The maximum Gasteiger partial charge on any atom is 0.191 e. The number of fused-ring (bicyclic) bond motifs is 1. The van der Waals surface area contributed by atoms with Gasteiger partial charge in [-0.1, -0.05) is 54.7 Å². The number of benzene rings is 2. The Hall–Kier alpha value is -2.31. The summed E-state index contributed by atoms with van der Waals surface area (Å²) in [4.78, 5) is 6.98. The zero-order valence-corrected chi connectivity index (χ0v) is 15.6. The Labute approximate surface area is 157 Å². The van der Waals surface area contributed by atoms with Crippen LogP contribution in [0.5, 0.6) is 0 Å². The van der Waals surface area contributed by atoms with Gasteiger partial charge in [0, 0.05) is 19.8 Å². The van der Waals surface area contributed by atoms with Crippen LogP contribution >= 0.6 is 24.0 Å². The van der Waals surface area contributed by atoms with Crippen LogP contribution in [-0.4, -0.2) is 28.6 Å². The summed E-state index contributed by atoms with van der Waals surface area (Å²) in [5, 5.41) is 2.88. The van der Waals surface area contributed by atoms with E-state index in [0.717, 1.165) is 20.7 Å². The molecule has 1 fully saturated rings. The van der Waals surface area contributed by atoms with Crippen LogP contribution in [0, 0.1) is 0 Å². The molecule has 0 aliphatic carbocycles. The molecule has 2 aliphatic heterocycles. The van der Waals surface area contributed by atoms with E-state index >= 15 is 0 Å². The first-order chi connectivity index (χ1) is 12.1. The molecule has 2 aliphatic rings. The van der Waals surface area contributed by atoms with Crippen molar-refractivity contribution in [1.29, 1.82) is 0 Å². The number of hydrogen-bond acceptors (Lipinski definition) is 5. The van der Waals surface area contributed by atoms with Gasteiger partial charge in [0.1, 0.15) is 0 Å². The number of hydrogen-bond donors (Lipinski definition) is 1. The third-order valence-corrected chi connectivity index (χ3v) is 5.29. The Morgan fingerprint density at radius 3 is 2.48 bits per heavy atom. The standard InChI is InChI=1S/C19H18N4S2/c1-22(2)15-10-8-13(9-11-15)16-12-17(14-6-4-3-5-7-14)23-18(20-16)25-19(24)21-23/h3-12,16H,1-2H3,(H,21,24). The molecule has 0 aromatic heterocycles. The lowest BCUT2D eigenvalue weighted by Gasteiger charge is -2.27. The number of amidine groups is 1. The zero-order valence-electron chi connectivity index (χ0n) is 14.0. The number of thioether (sulfide) groups is 1. The Morgan fingerprint density at radius 1 is 1.08 bits per heavy atom. The average Bonchev–Trinajstić information content (AvgIpc) is 3.01. The quantitative estimate of drug-likeness (QED) is 0.829. The molecular formula is C19H18N4S2. The monoisotopic (exact) mass is 366 g/mol. The maximum absolute atomic E-state index is 5.33. The molecule has 1 N–H and O–H groups in total. The fourth-order valence-corrected chi connectivity index (χ4v) is 3.91. The van der Waals surface area contributed by atoms with Crippen molar-refractivity contribution in [3.05, 3.63) is 71.8 Å². The van der Waals surface area contributed by atoms with Crippen LogP contribution in [0.4, 0.5) is 5.69 Å². The molecule has 2 aromatic carbocycles. The summed E-state index contributed by atoms with van der Waals surface area (Å²) in [6.07, 6.45) is 2.19. The molecule has 25 heavy (non-hydrogen) atoms. The molecule has 0 saturated carbocycles. The van der Waals surface area contributed by atoms with E-state index < -0.39 is 0 Å². The second kappa shape index (κ2) is 6.54. The number of rotatable bonds is 3. The van der Waals surface area contributed by atoms with Gasteiger partial charge in [-0.05, 0) is 41.1 Å². The van der Waals surface area contributed by atoms with E-state index in [4.69, 9.17) is 17.2 Å². The fourth-order valence-electron chi connectivity index (χ4n) is 2.89. The van der Waals surface area contributed by atoms with Crippen LogP contribution in [0.15, 0.2) is 65.7 Å². The van der Waals surface area contributed by atoms with Gasteiger partial charge in [0.15, 0.2) is 9.49 Å². The van der Waals surface area contributed by atoms with Crippen LogP contribution < -0.4 is 10.3 Å². The van der Waals surface area contributed by atoms with Crippen molar-refractivity contribution in [3.63, 3.8) is 0 Å². The van der Waals surface area contributed by atoms with Crippen LogP contribution in [0.3, 0.4) is 0 Å². The highest BCUT2D eigenvalue weighted by atomic mass is 32.2. The van der Waals surface area contributed by atoms with Crippen molar-refractivity contribution in [1.82, 2.24) is 10.4 Å². The van der Waals surface area contributed by atoms with Crippen molar-refractivity contribution in [2.45, 2.75) is 6.04 Å². The Morgan fingerprint density at radius 2 is 1.80 bits per heavy atom. The number of hydrazine groups is 1. The SMILES string of the molecule is CN(C)c1ccc(C2C=C(c3ccccc3)N3NC(=S)SC3=N2)cc1. The molecule has 126 valence electrons. The van der Waals surface area contributed by atoms with Gasteiger partial charge in [-0.3, -0.25) is 5.43 Å². The molecule has 0 bridgehead atoms. The van der Waals surface area contributed by atoms with E-state index in [1.54, 1.807) is 0 Å². The first-order valence-electron chi connectivity index (χ1n) is 8.03. The van der Waals surface area contributed by atoms with Gasteiger partial charge in [-0.2, -0.15) is 0 Å². The molecule has 1 atom stereocenters. The second-order valence-electron chi connectivity index (χ2n) is 6.10. The smallest absolute Gasteiger partial charge is 0.191 e. The molecule has 4 nitrogen and oxygen atoms in total. The Bertz CT molecular complexity index is 857. The lowest BCUT2D eigenvalue weighted by Crippen LogP contribution is -2.36. The summed E-state index contributed by atoms with van der Waals surface area (Å²) in [7, 11) is 4.09. The van der Waals surface area contributed by atoms with Crippen LogP contribution in [0.2, 0.25) is 0 Å². The van der Waals surface area contributed by atoms with Crippen molar-refractivity contribution in [3.8, 4) is 0 Å². The van der Waals surface area contributed by atoms with E-state index in [1.165, 1.54) is 23.0 Å². The van der Waals surface area contributed by atoms with Crippen molar-refractivity contribution < 1.29 is 0 Å². The zero-order chi connectivity index (χ0) is 17.4. The topological polar surface area (TPSA) is 30.9 Å². The second-order valence-corrected chi connectivity index (χ2v) is 7.74. The third kappa shape index (κ3) is 3.15. The summed E-state index contributed by atoms with van der Waals surface area (Å²) in [5.74, 6) is 0. The van der Waals surface area contributed by atoms with Gasteiger partial charge < -0.3 is 4.90 Å². The minimum Gasteiger partial charge on any atom is -0.378 e. The van der Waals surface area contributed by atoms with Gasteiger partial charge in [0.25, 0.3) is 0 Å². The highest BCUT2D eigenvalue weighted by Gasteiger charge is 2.32. The van der Waals surface area contributed by atoms with Crippen LogP contribution in [-0.2, 0) is 0 Å². The summed E-state index contributed by atoms with van der Waals surface area (Å²) in [6.45, 7) is 0. The molecule has 6 heteroatoms. The Kier molecular flexibility index (Phi) is 4.23. The average molecular weight is 367 g/mol. The van der Waals surface area contributed by atoms with Gasteiger partial charge >= 0.3 is 0 Å². The van der Waals surface area contributed by atoms with Crippen LogP contribution in [0.25, 0.3) is 5.70 Å². The first-order valence-corrected chi connectivity index (χ1v) is 9.25. The number of thiocarbonyl (C=S) groups is 1.